The Bertz CT molecular complexity index is 579. The van der Waals surface area contributed by atoms with Crippen molar-refractivity contribution in [2.24, 2.45) is 0 Å². The number of carbonyl (C=O) groups is 1. The number of nitrogens with one attached hydrogen (secondary N) is 1. The summed E-state index contributed by atoms with van der Waals surface area (Å²) in [6, 6.07) is 8.60. The number of anilines is 1. The van der Waals surface area contributed by atoms with Crippen LogP contribution in [0.2, 0.25) is 0 Å². The molecule has 1 amide bonds. The maximum atomic E-state index is 12.5. The van der Waals surface area contributed by atoms with Gasteiger partial charge in [-0.15, -0.1) is 0 Å². The summed E-state index contributed by atoms with van der Waals surface area (Å²) < 4.78 is 5.99. The van der Waals surface area contributed by atoms with Crippen molar-refractivity contribution in [3.8, 4) is 5.75 Å². The van der Waals surface area contributed by atoms with E-state index in [1.165, 1.54) is 6.42 Å². The Kier molecular flexibility index (Phi) is 6.74. The van der Waals surface area contributed by atoms with Crippen molar-refractivity contribution in [1.82, 2.24) is 15.1 Å². The molecule has 2 aliphatic heterocycles. The summed E-state index contributed by atoms with van der Waals surface area (Å²) in [7, 11) is 4.10. The first-order valence-electron chi connectivity index (χ1n) is 9.76. The number of hydrogen-bond acceptors (Lipinski definition) is 5. The summed E-state index contributed by atoms with van der Waals surface area (Å²) in [6.07, 6.45) is 2.96. The van der Waals surface area contributed by atoms with Gasteiger partial charge in [0.2, 0.25) is 5.91 Å². The second-order valence-corrected chi connectivity index (χ2v) is 7.48. The number of piperazine rings is 1. The normalized spacial score (nSPS) is 20.7. The number of amides is 1. The van der Waals surface area contributed by atoms with Crippen molar-refractivity contribution < 1.29 is 9.53 Å². The summed E-state index contributed by atoms with van der Waals surface area (Å²) in [6.45, 7) is 5.92. The van der Waals surface area contributed by atoms with Crippen molar-refractivity contribution in [2.75, 3.05) is 64.9 Å². The van der Waals surface area contributed by atoms with Gasteiger partial charge in [0, 0.05) is 45.2 Å². The van der Waals surface area contributed by atoms with Crippen LogP contribution >= 0.6 is 0 Å². The highest BCUT2D eigenvalue weighted by Gasteiger charge is 2.25. The molecule has 1 aromatic carbocycles. The molecule has 0 bridgehead atoms. The number of carbonyl (C=O) groups excluding carboxylic acids is 1. The van der Waals surface area contributed by atoms with Crippen molar-refractivity contribution in [1.29, 1.82) is 0 Å². The van der Waals surface area contributed by atoms with Gasteiger partial charge in [-0.25, -0.2) is 0 Å². The SMILES string of the molecule is CN(C)CCOc1ccccc1N1CCN(C(=O)CC2CCCN2)CC1. The van der Waals surface area contributed by atoms with E-state index in [0.29, 0.717) is 25.0 Å². The molecule has 1 unspecified atom stereocenters. The number of ether oxygens (including phenoxy) is 1. The summed E-state index contributed by atoms with van der Waals surface area (Å²) in [5.41, 5.74) is 1.14. The summed E-state index contributed by atoms with van der Waals surface area (Å²) in [4.78, 5) is 19.0. The molecule has 0 aromatic heterocycles. The van der Waals surface area contributed by atoms with Crippen LogP contribution in [0.15, 0.2) is 24.3 Å². The molecule has 0 spiro atoms. The zero-order valence-corrected chi connectivity index (χ0v) is 16.1. The van der Waals surface area contributed by atoms with E-state index in [-0.39, 0.29) is 0 Å². The molecule has 6 heteroatoms. The summed E-state index contributed by atoms with van der Waals surface area (Å²) in [5, 5.41) is 3.42. The molecule has 2 fully saturated rings. The zero-order valence-electron chi connectivity index (χ0n) is 16.1. The van der Waals surface area contributed by atoms with Crippen molar-refractivity contribution in [3.05, 3.63) is 24.3 Å². The quantitative estimate of drug-likeness (QED) is 0.797. The Balaban J connectivity index is 1.52. The molecule has 2 saturated heterocycles. The fourth-order valence-electron chi connectivity index (χ4n) is 3.65. The number of likely N-dealkylation sites (N-methyl/N-ethyl adjacent to an activating group) is 1. The highest BCUT2D eigenvalue weighted by molar-refractivity contribution is 5.77. The maximum absolute atomic E-state index is 12.5. The van der Waals surface area contributed by atoms with E-state index in [9.17, 15) is 4.79 Å². The van der Waals surface area contributed by atoms with Gasteiger partial charge in [0.25, 0.3) is 0 Å². The molecule has 2 heterocycles. The average Bonchev–Trinajstić information content (AvgIpc) is 3.15. The Morgan fingerprint density at radius 2 is 2.00 bits per heavy atom. The fourth-order valence-corrected chi connectivity index (χ4v) is 3.65. The number of nitrogens with zero attached hydrogens (tertiary/aromatic N) is 3. The van der Waals surface area contributed by atoms with E-state index in [4.69, 9.17) is 4.74 Å². The molecule has 0 radical (unpaired) electrons. The van der Waals surface area contributed by atoms with E-state index in [1.54, 1.807) is 0 Å². The van der Waals surface area contributed by atoms with Crippen LogP contribution < -0.4 is 15.0 Å². The molecule has 0 aliphatic carbocycles. The van der Waals surface area contributed by atoms with Crippen LogP contribution in [0, 0.1) is 0 Å². The Hall–Kier alpha value is -1.79. The number of benzene rings is 1. The lowest BCUT2D eigenvalue weighted by Crippen LogP contribution is -2.49. The largest absolute Gasteiger partial charge is 0.490 e. The number of rotatable bonds is 7. The second-order valence-electron chi connectivity index (χ2n) is 7.48. The minimum absolute atomic E-state index is 0.291. The third kappa shape index (κ3) is 5.11. The smallest absolute Gasteiger partial charge is 0.224 e. The monoisotopic (exact) mass is 360 g/mol. The molecule has 1 atom stereocenters. The molecule has 26 heavy (non-hydrogen) atoms. The van der Waals surface area contributed by atoms with Gasteiger partial charge in [0.1, 0.15) is 12.4 Å². The van der Waals surface area contributed by atoms with Crippen LogP contribution in [0.25, 0.3) is 0 Å². The van der Waals surface area contributed by atoms with E-state index >= 15 is 0 Å². The number of para-hydroxylation sites is 2. The van der Waals surface area contributed by atoms with Crippen LogP contribution in [-0.2, 0) is 4.79 Å². The minimum Gasteiger partial charge on any atom is -0.490 e. The maximum Gasteiger partial charge on any atom is 0.224 e. The molecule has 0 saturated carbocycles. The second kappa shape index (κ2) is 9.24. The minimum atomic E-state index is 0.291. The lowest BCUT2D eigenvalue weighted by Gasteiger charge is -2.37. The number of hydrogen-bond donors (Lipinski definition) is 1. The standard InChI is InChI=1S/C20H32N4O2/c1-22(2)14-15-26-19-8-4-3-7-18(19)23-10-12-24(13-11-23)20(25)16-17-6-5-9-21-17/h3-4,7-8,17,21H,5-6,9-16H2,1-2H3. The van der Waals surface area contributed by atoms with Crippen LogP contribution in [0.1, 0.15) is 19.3 Å². The predicted molar refractivity (Wildman–Crippen MR) is 105 cm³/mol. The average molecular weight is 361 g/mol. The lowest BCUT2D eigenvalue weighted by molar-refractivity contribution is -0.131. The van der Waals surface area contributed by atoms with Crippen LogP contribution in [0.4, 0.5) is 5.69 Å². The van der Waals surface area contributed by atoms with Crippen molar-refractivity contribution >= 4 is 11.6 Å². The highest BCUT2D eigenvalue weighted by atomic mass is 16.5. The van der Waals surface area contributed by atoms with E-state index in [0.717, 1.165) is 57.1 Å². The van der Waals surface area contributed by atoms with Gasteiger partial charge in [-0.05, 0) is 45.6 Å². The molecule has 1 aromatic rings. The van der Waals surface area contributed by atoms with Crippen LogP contribution in [0.3, 0.4) is 0 Å². The Morgan fingerprint density at radius 1 is 1.23 bits per heavy atom. The molecule has 144 valence electrons. The molecular formula is C20H32N4O2. The topological polar surface area (TPSA) is 48.1 Å². The molecule has 2 aliphatic rings. The van der Waals surface area contributed by atoms with Crippen LogP contribution in [-0.4, -0.2) is 81.7 Å². The van der Waals surface area contributed by atoms with Gasteiger partial charge in [0.15, 0.2) is 0 Å². The fraction of sp³-hybridized carbons (Fsp3) is 0.650. The Morgan fingerprint density at radius 3 is 2.69 bits per heavy atom. The van der Waals surface area contributed by atoms with E-state index in [1.807, 2.05) is 31.1 Å². The lowest BCUT2D eigenvalue weighted by atomic mass is 10.1. The van der Waals surface area contributed by atoms with E-state index in [2.05, 4.69) is 27.2 Å². The molecule has 3 rings (SSSR count). The zero-order chi connectivity index (χ0) is 18.4. The summed E-state index contributed by atoms with van der Waals surface area (Å²) >= 11 is 0. The first-order valence-corrected chi connectivity index (χ1v) is 9.76. The predicted octanol–water partition coefficient (Wildman–Crippen LogP) is 1.42. The third-order valence-electron chi connectivity index (χ3n) is 5.22. The summed E-state index contributed by atoms with van der Waals surface area (Å²) in [5.74, 6) is 1.23. The van der Waals surface area contributed by atoms with Gasteiger partial charge in [0.05, 0.1) is 5.69 Å². The van der Waals surface area contributed by atoms with Crippen molar-refractivity contribution in [2.45, 2.75) is 25.3 Å². The molecule has 6 nitrogen and oxygen atoms in total. The van der Waals surface area contributed by atoms with Crippen LogP contribution in [0.5, 0.6) is 5.75 Å². The Labute approximate surface area is 157 Å². The first kappa shape index (κ1) is 19.0. The van der Waals surface area contributed by atoms with Crippen molar-refractivity contribution in [3.63, 3.8) is 0 Å². The van der Waals surface area contributed by atoms with Gasteiger partial charge >= 0.3 is 0 Å². The third-order valence-corrected chi connectivity index (χ3v) is 5.22. The van der Waals surface area contributed by atoms with Gasteiger partial charge in [-0.2, -0.15) is 0 Å². The molecular weight excluding hydrogens is 328 g/mol. The molecule has 1 N–H and O–H groups in total. The van der Waals surface area contributed by atoms with Gasteiger partial charge in [-0.1, -0.05) is 12.1 Å². The van der Waals surface area contributed by atoms with Gasteiger partial charge < -0.3 is 24.8 Å². The van der Waals surface area contributed by atoms with E-state index < -0.39 is 0 Å². The first-order chi connectivity index (χ1) is 12.6. The van der Waals surface area contributed by atoms with Gasteiger partial charge in [-0.3, -0.25) is 4.79 Å². The highest BCUT2D eigenvalue weighted by Crippen LogP contribution is 2.29.